The average molecular weight is 204 g/mol. The molecule has 0 spiro atoms. The van der Waals surface area contributed by atoms with Crippen molar-refractivity contribution in [2.24, 2.45) is 0 Å². The third-order valence-electron chi connectivity index (χ3n) is 2.65. The number of aliphatic carboxylic acids is 1. The Hall–Kier alpha value is -1.84. The van der Waals surface area contributed by atoms with E-state index in [-0.39, 0.29) is 0 Å². The van der Waals surface area contributed by atoms with Gasteiger partial charge in [-0.1, -0.05) is 0 Å². The highest BCUT2D eigenvalue weighted by molar-refractivity contribution is 5.80. The molecule has 0 aliphatic rings. The molecular formula is C11H12N2O2. The van der Waals surface area contributed by atoms with E-state index in [4.69, 9.17) is 5.11 Å². The molecule has 0 amide bonds. The number of pyridine rings is 1. The zero-order valence-corrected chi connectivity index (χ0v) is 8.64. The molecule has 0 fully saturated rings. The van der Waals surface area contributed by atoms with Crippen LogP contribution in [0.3, 0.4) is 0 Å². The minimum atomic E-state index is -0.881. The lowest BCUT2D eigenvalue weighted by Gasteiger charge is -2.19. The van der Waals surface area contributed by atoms with Crippen LogP contribution in [-0.4, -0.2) is 20.5 Å². The summed E-state index contributed by atoms with van der Waals surface area (Å²) in [6.07, 6.45) is 5.34. The molecule has 2 aromatic rings. The van der Waals surface area contributed by atoms with E-state index in [1.165, 1.54) is 0 Å². The van der Waals surface area contributed by atoms with Gasteiger partial charge >= 0.3 is 5.97 Å². The van der Waals surface area contributed by atoms with E-state index < -0.39 is 11.4 Å². The highest BCUT2D eigenvalue weighted by atomic mass is 16.4. The van der Waals surface area contributed by atoms with Crippen molar-refractivity contribution in [3.05, 3.63) is 36.3 Å². The van der Waals surface area contributed by atoms with Gasteiger partial charge < -0.3 is 9.51 Å². The molecule has 1 N–H and O–H groups in total. The number of aromatic nitrogens is 2. The number of imidazole rings is 1. The number of carboxylic acids is 1. The van der Waals surface area contributed by atoms with Gasteiger partial charge in [-0.2, -0.15) is 0 Å². The quantitative estimate of drug-likeness (QED) is 0.810. The molecule has 0 aromatic carbocycles. The van der Waals surface area contributed by atoms with Crippen molar-refractivity contribution in [1.82, 2.24) is 9.38 Å². The van der Waals surface area contributed by atoms with Gasteiger partial charge in [-0.25, -0.2) is 4.98 Å². The van der Waals surface area contributed by atoms with Gasteiger partial charge in [0.15, 0.2) is 0 Å². The van der Waals surface area contributed by atoms with Gasteiger partial charge in [0.2, 0.25) is 0 Å². The number of hydrogen-bond donors (Lipinski definition) is 1. The summed E-state index contributed by atoms with van der Waals surface area (Å²) in [4.78, 5) is 15.2. The van der Waals surface area contributed by atoms with Crippen molar-refractivity contribution in [3.63, 3.8) is 0 Å². The highest BCUT2D eigenvalue weighted by Gasteiger charge is 2.29. The molecule has 2 aromatic heterocycles. The summed E-state index contributed by atoms with van der Waals surface area (Å²) in [5.74, 6) is -0.835. The molecular weight excluding hydrogens is 192 g/mol. The van der Waals surface area contributed by atoms with Gasteiger partial charge in [-0.15, -0.1) is 0 Å². The Labute approximate surface area is 87.2 Å². The van der Waals surface area contributed by atoms with Crippen LogP contribution in [0.4, 0.5) is 0 Å². The van der Waals surface area contributed by atoms with Crippen LogP contribution in [0.15, 0.2) is 30.7 Å². The van der Waals surface area contributed by atoms with Crippen molar-refractivity contribution in [2.45, 2.75) is 19.3 Å². The molecule has 0 atom stereocenters. The number of carboxylic acid groups (broad SMARTS) is 1. The van der Waals surface area contributed by atoms with E-state index in [0.717, 1.165) is 11.2 Å². The van der Waals surface area contributed by atoms with E-state index >= 15 is 0 Å². The Kier molecular flexibility index (Phi) is 2.00. The number of hydrogen-bond acceptors (Lipinski definition) is 2. The summed E-state index contributed by atoms with van der Waals surface area (Å²) in [5, 5.41) is 9.09. The molecule has 0 saturated heterocycles. The number of rotatable bonds is 2. The molecule has 15 heavy (non-hydrogen) atoms. The zero-order valence-electron chi connectivity index (χ0n) is 8.64. The summed E-state index contributed by atoms with van der Waals surface area (Å²) >= 11 is 0. The van der Waals surface area contributed by atoms with Crippen molar-refractivity contribution >= 4 is 11.6 Å². The zero-order chi connectivity index (χ0) is 11.1. The predicted octanol–water partition coefficient (Wildman–Crippen LogP) is 1.70. The average Bonchev–Trinajstić information content (AvgIpc) is 2.63. The molecule has 0 unspecified atom stereocenters. The summed E-state index contributed by atoms with van der Waals surface area (Å²) in [6.45, 7) is 3.37. The van der Waals surface area contributed by atoms with Gasteiger partial charge in [0.1, 0.15) is 5.65 Å². The monoisotopic (exact) mass is 204 g/mol. The fraction of sp³-hybridized carbons (Fsp3) is 0.273. The summed E-state index contributed by atoms with van der Waals surface area (Å²) < 4.78 is 1.85. The van der Waals surface area contributed by atoms with Crippen LogP contribution in [-0.2, 0) is 10.2 Å². The Morgan fingerprint density at radius 3 is 2.87 bits per heavy atom. The van der Waals surface area contributed by atoms with E-state index in [1.807, 2.05) is 22.9 Å². The molecule has 0 aliphatic heterocycles. The number of nitrogens with zero attached hydrogens (tertiary/aromatic N) is 2. The Morgan fingerprint density at radius 1 is 1.47 bits per heavy atom. The van der Waals surface area contributed by atoms with Gasteiger partial charge in [-0.3, -0.25) is 4.79 Å². The Balaban J connectivity index is 2.57. The van der Waals surface area contributed by atoms with Gasteiger partial charge in [0.05, 0.1) is 5.41 Å². The Bertz CT molecular complexity index is 514. The van der Waals surface area contributed by atoms with Crippen LogP contribution in [0.25, 0.3) is 5.65 Å². The van der Waals surface area contributed by atoms with Crippen LogP contribution in [0.1, 0.15) is 19.4 Å². The van der Waals surface area contributed by atoms with Crippen molar-refractivity contribution in [1.29, 1.82) is 0 Å². The van der Waals surface area contributed by atoms with E-state index in [2.05, 4.69) is 4.98 Å². The molecule has 0 aliphatic carbocycles. The maximum absolute atomic E-state index is 11.1. The minimum absolute atomic E-state index is 0.758. The molecule has 0 bridgehead atoms. The van der Waals surface area contributed by atoms with Crippen LogP contribution in [0.5, 0.6) is 0 Å². The first kappa shape index (κ1) is 9.71. The molecule has 4 heteroatoms. The minimum Gasteiger partial charge on any atom is -0.481 e. The first-order chi connectivity index (χ1) is 7.01. The van der Waals surface area contributed by atoms with Gasteiger partial charge in [0.25, 0.3) is 0 Å². The lowest BCUT2D eigenvalue weighted by atomic mass is 9.85. The second-order valence-corrected chi connectivity index (χ2v) is 4.04. The maximum atomic E-state index is 11.1. The molecule has 78 valence electrons. The summed E-state index contributed by atoms with van der Waals surface area (Å²) in [5.41, 5.74) is 0.642. The van der Waals surface area contributed by atoms with E-state index in [1.54, 1.807) is 26.1 Å². The fourth-order valence-corrected chi connectivity index (χ4v) is 1.42. The van der Waals surface area contributed by atoms with Crippen LogP contribution >= 0.6 is 0 Å². The molecule has 0 radical (unpaired) electrons. The third-order valence-corrected chi connectivity index (χ3v) is 2.65. The molecule has 2 rings (SSSR count). The van der Waals surface area contributed by atoms with Crippen molar-refractivity contribution in [2.75, 3.05) is 0 Å². The van der Waals surface area contributed by atoms with E-state index in [9.17, 15) is 4.79 Å². The normalized spacial score (nSPS) is 11.9. The topological polar surface area (TPSA) is 54.6 Å². The summed E-state index contributed by atoms with van der Waals surface area (Å²) in [6, 6.07) is 3.61. The van der Waals surface area contributed by atoms with Crippen LogP contribution < -0.4 is 0 Å². The summed E-state index contributed by atoms with van der Waals surface area (Å²) in [7, 11) is 0. The fourth-order valence-electron chi connectivity index (χ4n) is 1.42. The second-order valence-electron chi connectivity index (χ2n) is 4.04. The van der Waals surface area contributed by atoms with Crippen LogP contribution in [0, 0.1) is 0 Å². The standard InChI is InChI=1S/C11H12N2O2/c1-11(2,10(14)15)8-3-5-13-6-4-12-9(13)7-8/h3-7H,1-2H3,(H,14,15). The predicted molar refractivity (Wildman–Crippen MR) is 55.9 cm³/mol. The smallest absolute Gasteiger partial charge is 0.313 e. The maximum Gasteiger partial charge on any atom is 0.313 e. The SMILES string of the molecule is CC(C)(C(=O)O)c1ccn2ccnc2c1. The molecule has 2 heterocycles. The van der Waals surface area contributed by atoms with Gasteiger partial charge in [-0.05, 0) is 31.5 Å². The highest BCUT2D eigenvalue weighted by Crippen LogP contribution is 2.23. The second kappa shape index (κ2) is 3.08. The third kappa shape index (κ3) is 1.48. The Morgan fingerprint density at radius 2 is 2.20 bits per heavy atom. The number of carbonyl (C=O) groups is 1. The van der Waals surface area contributed by atoms with Crippen LogP contribution in [0.2, 0.25) is 0 Å². The first-order valence-corrected chi connectivity index (χ1v) is 4.68. The molecule has 0 saturated carbocycles. The largest absolute Gasteiger partial charge is 0.481 e. The number of fused-ring (bicyclic) bond motifs is 1. The van der Waals surface area contributed by atoms with E-state index in [0.29, 0.717) is 0 Å². The first-order valence-electron chi connectivity index (χ1n) is 4.68. The van der Waals surface area contributed by atoms with Crippen molar-refractivity contribution in [3.8, 4) is 0 Å². The lowest BCUT2D eigenvalue weighted by molar-refractivity contribution is -0.142. The van der Waals surface area contributed by atoms with Crippen molar-refractivity contribution < 1.29 is 9.90 Å². The molecule has 4 nitrogen and oxygen atoms in total. The lowest BCUT2D eigenvalue weighted by Crippen LogP contribution is -2.28. The van der Waals surface area contributed by atoms with Gasteiger partial charge in [0, 0.05) is 18.6 Å².